The summed E-state index contributed by atoms with van der Waals surface area (Å²) in [6.07, 6.45) is 7.36. The lowest BCUT2D eigenvalue weighted by molar-refractivity contribution is 0.700. The van der Waals surface area contributed by atoms with Crippen LogP contribution in [0.15, 0.2) is 0 Å². The van der Waals surface area contributed by atoms with Gasteiger partial charge in [-0.15, -0.1) is 11.3 Å². The molecule has 0 aliphatic heterocycles. The fourth-order valence-corrected chi connectivity index (χ4v) is 4.07. The molecule has 2 aromatic heterocycles. The summed E-state index contributed by atoms with van der Waals surface area (Å²) in [5.41, 5.74) is 4.23. The summed E-state index contributed by atoms with van der Waals surface area (Å²) in [7, 11) is 0. The van der Waals surface area contributed by atoms with Crippen molar-refractivity contribution in [2.75, 3.05) is 5.43 Å². The van der Waals surface area contributed by atoms with Crippen molar-refractivity contribution in [1.82, 2.24) is 9.97 Å². The summed E-state index contributed by atoms with van der Waals surface area (Å²) in [6, 6.07) is 0. The zero-order valence-electron chi connectivity index (χ0n) is 10.2. The predicted octanol–water partition coefficient (Wildman–Crippen LogP) is 2.73. The first kappa shape index (κ1) is 10.7. The highest BCUT2D eigenvalue weighted by atomic mass is 32.1. The summed E-state index contributed by atoms with van der Waals surface area (Å²) < 4.78 is 0. The van der Waals surface area contributed by atoms with Crippen molar-refractivity contribution >= 4 is 27.4 Å². The molecule has 5 heteroatoms. The van der Waals surface area contributed by atoms with Gasteiger partial charge in [0.05, 0.1) is 5.39 Å². The van der Waals surface area contributed by atoms with Gasteiger partial charge in [-0.25, -0.2) is 15.8 Å². The van der Waals surface area contributed by atoms with Crippen molar-refractivity contribution < 1.29 is 0 Å². The standard InChI is InChI=1S/C13H16N4S/c14-17-12-10-8-3-1-2-4-9(8)18-13(10)16-11(15-12)7-5-6-7/h7H,1-6,14H2,(H,15,16,17). The predicted molar refractivity (Wildman–Crippen MR) is 73.8 cm³/mol. The average molecular weight is 260 g/mol. The third-order valence-electron chi connectivity index (χ3n) is 3.91. The number of nitrogens with zero attached hydrogens (tertiary/aromatic N) is 2. The summed E-state index contributed by atoms with van der Waals surface area (Å²) in [6.45, 7) is 0. The number of hydrazine groups is 1. The first-order valence-electron chi connectivity index (χ1n) is 6.65. The molecular weight excluding hydrogens is 244 g/mol. The minimum Gasteiger partial charge on any atom is -0.308 e. The number of fused-ring (bicyclic) bond motifs is 3. The molecule has 2 heterocycles. The van der Waals surface area contributed by atoms with E-state index in [1.54, 1.807) is 0 Å². The normalized spacial score (nSPS) is 18.9. The van der Waals surface area contributed by atoms with Crippen molar-refractivity contribution in [3.05, 3.63) is 16.3 Å². The molecule has 18 heavy (non-hydrogen) atoms. The number of anilines is 1. The van der Waals surface area contributed by atoms with Crippen LogP contribution in [0.5, 0.6) is 0 Å². The molecule has 0 aromatic carbocycles. The van der Waals surface area contributed by atoms with Crippen LogP contribution in [0.2, 0.25) is 0 Å². The van der Waals surface area contributed by atoms with Gasteiger partial charge in [-0.2, -0.15) is 0 Å². The van der Waals surface area contributed by atoms with E-state index in [0.29, 0.717) is 5.92 Å². The maximum Gasteiger partial charge on any atom is 0.152 e. The SMILES string of the molecule is NNc1nc(C2CC2)nc2sc3c(c12)CCCC3. The molecule has 0 saturated heterocycles. The molecule has 2 aromatic rings. The molecule has 0 radical (unpaired) electrons. The number of nitrogens with one attached hydrogen (secondary N) is 1. The maximum atomic E-state index is 5.66. The van der Waals surface area contributed by atoms with Crippen molar-refractivity contribution in [3.63, 3.8) is 0 Å². The van der Waals surface area contributed by atoms with Crippen LogP contribution in [0.3, 0.4) is 0 Å². The van der Waals surface area contributed by atoms with Gasteiger partial charge in [0.1, 0.15) is 10.7 Å². The molecule has 94 valence electrons. The van der Waals surface area contributed by atoms with Crippen LogP contribution in [-0.2, 0) is 12.8 Å². The third-order valence-corrected chi connectivity index (χ3v) is 5.10. The molecule has 0 atom stereocenters. The maximum absolute atomic E-state index is 5.66. The number of aryl methyl sites for hydroxylation is 2. The summed E-state index contributed by atoms with van der Waals surface area (Å²) in [5, 5.41) is 1.18. The second-order valence-corrected chi connectivity index (χ2v) is 6.32. The summed E-state index contributed by atoms with van der Waals surface area (Å²) in [4.78, 5) is 12.0. The number of hydrogen-bond donors (Lipinski definition) is 2. The highest BCUT2D eigenvalue weighted by molar-refractivity contribution is 7.19. The van der Waals surface area contributed by atoms with E-state index in [4.69, 9.17) is 10.8 Å². The molecule has 0 spiro atoms. The minimum absolute atomic E-state index is 0.570. The van der Waals surface area contributed by atoms with Crippen LogP contribution in [0.1, 0.15) is 47.9 Å². The van der Waals surface area contributed by atoms with E-state index in [-0.39, 0.29) is 0 Å². The largest absolute Gasteiger partial charge is 0.308 e. The number of thiophene rings is 1. The molecule has 0 unspecified atom stereocenters. The second-order valence-electron chi connectivity index (χ2n) is 5.24. The zero-order chi connectivity index (χ0) is 12.1. The Morgan fingerprint density at radius 3 is 2.78 bits per heavy atom. The topological polar surface area (TPSA) is 63.8 Å². The van der Waals surface area contributed by atoms with Crippen molar-refractivity contribution in [1.29, 1.82) is 0 Å². The lowest BCUT2D eigenvalue weighted by atomic mass is 9.97. The molecule has 0 bridgehead atoms. The fourth-order valence-electron chi connectivity index (χ4n) is 2.80. The number of hydrogen-bond acceptors (Lipinski definition) is 5. The van der Waals surface area contributed by atoms with E-state index in [1.807, 2.05) is 11.3 Å². The molecule has 4 rings (SSSR count). The Morgan fingerprint density at radius 1 is 1.17 bits per heavy atom. The number of rotatable bonds is 2. The lowest BCUT2D eigenvalue weighted by Gasteiger charge is -2.11. The average Bonchev–Trinajstić information content (AvgIpc) is 3.18. The number of nitrogens with two attached hydrogens (primary N) is 1. The van der Waals surface area contributed by atoms with E-state index in [9.17, 15) is 0 Å². The first-order valence-corrected chi connectivity index (χ1v) is 7.47. The Balaban J connectivity index is 1.97. The third kappa shape index (κ3) is 1.54. The van der Waals surface area contributed by atoms with Gasteiger partial charge in [-0.3, -0.25) is 0 Å². The molecule has 1 saturated carbocycles. The molecule has 2 aliphatic carbocycles. The Morgan fingerprint density at radius 2 is 2.00 bits per heavy atom. The van der Waals surface area contributed by atoms with Crippen molar-refractivity contribution in [2.45, 2.75) is 44.4 Å². The molecule has 0 amide bonds. The Bertz CT molecular complexity index is 615. The quantitative estimate of drug-likeness (QED) is 0.643. The van der Waals surface area contributed by atoms with Crippen LogP contribution >= 0.6 is 11.3 Å². The van der Waals surface area contributed by atoms with E-state index in [2.05, 4.69) is 10.4 Å². The van der Waals surface area contributed by atoms with Crippen LogP contribution in [-0.4, -0.2) is 9.97 Å². The molecular formula is C13H16N4S. The Kier molecular flexibility index (Phi) is 2.32. The van der Waals surface area contributed by atoms with E-state index < -0.39 is 0 Å². The van der Waals surface area contributed by atoms with Crippen LogP contribution < -0.4 is 11.3 Å². The van der Waals surface area contributed by atoms with Gasteiger partial charge >= 0.3 is 0 Å². The van der Waals surface area contributed by atoms with Gasteiger partial charge in [0, 0.05) is 10.8 Å². The Labute approximate surface area is 110 Å². The Hall–Kier alpha value is -1.20. The summed E-state index contributed by atoms with van der Waals surface area (Å²) >= 11 is 1.84. The van der Waals surface area contributed by atoms with Gasteiger partial charge in [0.2, 0.25) is 0 Å². The minimum atomic E-state index is 0.570. The van der Waals surface area contributed by atoms with Gasteiger partial charge in [0.25, 0.3) is 0 Å². The monoisotopic (exact) mass is 260 g/mol. The van der Waals surface area contributed by atoms with E-state index in [0.717, 1.165) is 22.9 Å². The van der Waals surface area contributed by atoms with E-state index in [1.165, 1.54) is 47.9 Å². The second kappa shape index (κ2) is 3.90. The highest BCUT2D eigenvalue weighted by Gasteiger charge is 2.29. The van der Waals surface area contributed by atoms with Crippen molar-refractivity contribution in [2.24, 2.45) is 5.84 Å². The van der Waals surface area contributed by atoms with Crippen LogP contribution in [0.4, 0.5) is 5.82 Å². The van der Waals surface area contributed by atoms with Gasteiger partial charge in [-0.1, -0.05) is 0 Å². The van der Waals surface area contributed by atoms with Crippen LogP contribution in [0.25, 0.3) is 10.2 Å². The summed E-state index contributed by atoms with van der Waals surface area (Å²) in [5.74, 6) is 8.05. The van der Waals surface area contributed by atoms with Gasteiger partial charge < -0.3 is 5.43 Å². The fraction of sp³-hybridized carbons (Fsp3) is 0.538. The van der Waals surface area contributed by atoms with Gasteiger partial charge in [0.15, 0.2) is 5.82 Å². The smallest absolute Gasteiger partial charge is 0.152 e. The molecule has 1 fully saturated rings. The zero-order valence-corrected chi connectivity index (χ0v) is 11.0. The molecule has 4 nitrogen and oxygen atoms in total. The highest BCUT2D eigenvalue weighted by Crippen LogP contribution is 2.43. The first-order chi connectivity index (χ1) is 8.86. The molecule has 3 N–H and O–H groups in total. The van der Waals surface area contributed by atoms with Crippen molar-refractivity contribution in [3.8, 4) is 0 Å². The van der Waals surface area contributed by atoms with Gasteiger partial charge in [-0.05, 0) is 44.1 Å². The number of nitrogen functional groups attached to an aromatic ring is 1. The van der Waals surface area contributed by atoms with E-state index >= 15 is 0 Å². The lowest BCUT2D eigenvalue weighted by Crippen LogP contribution is -2.11. The molecule has 2 aliphatic rings. The van der Waals surface area contributed by atoms with Crippen LogP contribution in [0, 0.1) is 0 Å². The number of aromatic nitrogens is 2.